The molecule has 23 heavy (non-hydrogen) atoms. The van der Waals surface area contributed by atoms with Crippen molar-refractivity contribution < 1.29 is 19.1 Å². The van der Waals surface area contributed by atoms with Gasteiger partial charge in [-0.1, -0.05) is 22.4 Å². The molecule has 2 aromatic rings. The summed E-state index contributed by atoms with van der Waals surface area (Å²) in [6.45, 7) is 3.18. The molecule has 0 bridgehead atoms. The zero-order valence-electron chi connectivity index (χ0n) is 12.4. The van der Waals surface area contributed by atoms with E-state index in [-0.39, 0.29) is 17.1 Å². The number of amides is 1. The summed E-state index contributed by atoms with van der Waals surface area (Å²) in [5.74, 6) is 0.354. The van der Waals surface area contributed by atoms with Crippen molar-refractivity contribution in [2.24, 2.45) is 5.16 Å². The molecule has 0 spiro atoms. The van der Waals surface area contributed by atoms with Crippen LogP contribution in [0.1, 0.15) is 18.2 Å². The van der Waals surface area contributed by atoms with Crippen LogP contribution in [0.3, 0.4) is 0 Å². The number of aromatic nitrogens is 1. The fraction of sp³-hybridized carbons (Fsp3) is 0.214. The Morgan fingerprint density at radius 3 is 2.91 bits per heavy atom. The third-order valence-corrected chi connectivity index (χ3v) is 2.79. The predicted molar refractivity (Wildman–Crippen MR) is 81.1 cm³/mol. The first-order valence-corrected chi connectivity index (χ1v) is 6.64. The van der Waals surface area contributed by atoms with Crippen LogP contribution in [0.15, 0.2) is 40.0 Å². The molecule has 1 aromatic carbocycles. The number of carbonyl (C=O) groups excluding carboxylic acids is 1. The number of aryl methyl sites for hydroxylation is 1. The summed E-state index contributed by atoms with van der Waals surface area (Å²) in [5, 5.41) is 20.6. The minimum absolute atomic E-state index is 0.102. The normalized spacial score (nSPS) is 12.1. The summed E-state index contributed by atoms with van der Waals surface area (Å²) in [7, 11) is 0. The molecule has 0 saturated carbocycles. The SMILES string of the molecule is Cc1cc(NC(=O)C(C)O/N=C/c2ccccc2[N+](=O)[O-])no1. The maximum absolute atomic E-state index is 11.8. The van der Waals surface area contributed by atoms with Crippen LogP contribution in [0.2, 0.25) is 0 Å². The molecule has 9 heteroatoms. The second-order valence-electron chi connectivity index (χ2n) is 4.61. The van der Waals surface area contributed by atoms with Crippen LogP contribution in [-0.4, -0.2) is 28.3 Å². The minimum Gasteiger partial charge on any atom is -0.383 e. The lowest BCUT2D eigenvalue weighted by Gasteiger charge is -2.08. The summed E-state index contributed by atoms with van der Waals surface area (Å²) in [6.07, 6.45) is 0.272. The number of nitro groups is 1. The van der Waals surface area contributed by atoms with Crippen LogP contribution in [-0.2, 0) is 9.63 Å². The van der Waals surface area contributed by atoms with Crippen molar-refractivity contribution in [2.75, 3.05) is 5.32 Å². The highest BCUT2D eigenvalue weighted by atomic mass is 16.6. The Balaban J connectivity index is 1.94. The fourth-order valence-corrected chi connectivity index (χ4v) is 1.64. The van der Waals surface area contributed by atoms with Crippen molar-refractivity contribution in [3.8, 4) is 0 Å². The van der Waals surface area contributed by atoms with Crippen molar-refractivity contribution in [1.29, 1.82) is 0 Å². The molecule has 0 aliphatic heterocycles. The lowest BCUT2D eigenvalue weighted by atomic mass is 10.2. The molecule has 1 N–H and O–H groups in total. The van der Waals surface area contributed by atoms with Gasteiger partial charge in [0.2, 0.25) is 6.10 Å². The monoisotopic (exact) mass is 318 g/mol. The van der Waals surface area contributed by atoms with Gasteiger partial charge in [0.1, 0.15) is 5.76 Å². The van der Waals surface area contributed by atoms with E-state index in [9.17, 15) is 14.9 Å². The molecule has 2 rings (SSSR count). The number of benzene rings is 1. The highest BCUT2D eigenvalue weighted by Crippen LogP contribution is 2.15. The Bertz CT molecular complexity index is 740. The first kappa shape index (κ1) is 16.1. The van der Waals surface area contributed by atoms with Gasteiger partial charge >= 0.3 is 0 Å². The summed E-state index contributed by atoms with van der Waals surface area (Å²) in [4.78, 5) is 27.2. The van der Waals surface area contributed by atoms with E-state index in [1.165, 1.54) is 25.3 Å². The van der Waals surface area contributed by atoms with E-state index in [4.69, 9.17) is 9.36 Å². The van der Waals surface area contributed by atoms with Crippen LogP contribution >= 0.6 is 0 Å². The molecule has 9 nitrogen and oxygen atoms in total. The van der Waals surface area contributed by atoms with Crippen LogP contribution in [0.5, 0.6) is 0 Å². The summed E-state index contributed by atoms with van der Waals surface area (Å²) < 4.78 is 4.82. The summed E-state index contributed by atoms with van der Waals surface area (Å²) >= 11 is 0. The van der Waals surface area contributed by atoms with Crippen LogP contribution < -0.4 is 5.32 Å². The molecule has 1 aromatic heterocycles. The van der Waals surface area contributed by atoms with E-state index in [2.05, 4.69) is 15.6 Å². The van der Waals surface area contributed by atoms with Gasteiger partial charge in [-0.2, -0.15) is 0 Å². The van der Waals surface area contributed by atoms with Crippen LogP contribution in [0.25, 0.3) is 0 Å². The maximum Gasteiger partial charge on any atom is 0.278 e. The van der Waals surface area contributed by atoms with Gasteiger partial charge in [0, 0.05) is 12.1 Å². The molecule has 0 aliphatic rings. The van der Waals surface area contributed by atoms with Crippen molar-refractivity contribution in [3.05, 3.63) is 51.8 Å². The average molecular weight is 318 g/mol. The second-order valence-corrected chi connectivity index (χ2v) is 4.61. The van der Waals surface area contributed by atoms with Crippen LogP contribution in [0.4, 0.5) is 11.5 Å². The topological polar surface area (TPSA) is 120 Å². The molecule has 1 unspecified atom stereocenters. The third kappa shape index (κ3) is 4.37. The van der Waals surface area contributed by atoms with Gasteiger partial charge in [0.05, 0.1) is 16.7 Å². The smallest absolute Gasteiger partial charge is 0.278 e. The molecular formula is C14H14N4O5. The van der Waals surface area contributed by atoms with E-state index >= 15 is 0 Å². The van der Waals surface area contributed by atoms with E-state index in [1.807, 2.05) is 0 Å². The summed E-state index contributed by atoms with van der Waals surface area (Å²) in [5.41, 5.74) is 0.173. The number of hydrogen-bond donors (Lipinski definition) is 1. The van der Waals surface area contributed by atoms with Crippen molar-refractivity contribution in [2.45, 2.75) is 20.0 Å². The van der Waals surface area contributed by atoms with Crippen molar-refractivity contribution >= 4 is 23.6 Å². The Morgan fingerprint density at radius 2 is 2.26 bits per heavy atom. The first-order valence-electron chi connectivity index (χ1n) is 6.64. The number of anilines is 1. The highest BCUT2D eigenvalue weighted by molar-refractivity contribution is 5.93. The number of nitrogens with one attached hydrogen (secondary N) is 1. The van der Waals surface area contributed by atoms with E-state index in [1.54, 1.807) is 25.1 Å². The largest absolute Gasteiger partial charge is 0.383 e. The van der Waals surface area contributed by atoms with Crippen molar-refractivity contribution in [3.63, 3.8) is 0 Å². The quantitative estimate of drug-likeness (QED) is 0.495. The molecule has 0 radical (unpaired) electrons. The van der Waals surface area contributed by atoms with E-state index in [0.717, 1.165) is 0 Å². The molecule has 1 heterocycles. The van der Waals surface area contributed by atoms with Gasteiger partial charge < -0.3 is 14.7 Å². The number of nitro benzene ring substituents is 1. The number of rotatable bonds is 6. The lowest BCUT2D eigenvalue weighted by Crippen LogP contribution is -2.26. The Labute approximate surface area is 131 Å². The van der Waals surface area contributed by atoms with Gasteiger partial charge in [-0.25, -0.2) is 0 Å². The standard InChI is InChI=1S/C14H14N4O5/c1-9-7-13(17-22-9)16-14(19)10(2)23-15-8-11-5-3-4-6-12(11)18(20)21/h3-8,10H,1-2H3,(H,16,17,19)/b15-8+. The Hall–Kier alpha value is -3.23. The molecule has 0 fully saturated rings. The van der Waals surface area contributed by atoms with Crippen LogP contribution in [0, 0.1) is 17.0 Å². The number of hydrogen-bond acceptors (Lipinski definition) is 7. The van der Waals surface area contributed by atoms with Gasteiger partial charge in [-0.05, 0) is 19.9 Å². The maximum atomic E-state index is 11.8. The lowest BCUT2D eigenvalue weighted by molar-refractivity contribution is -0.385. The number of para-hydroxylation sites is 1. The highest BCUT2D eigenvalue weighted by Gasteiger charge is 2.16. The second kappa shape index (κ2) is 7.16. The first-order chi connectivity index (χ1) is 11.0. The average Bonchev–Trinajstić information content (AvgIpc) is 2.92. The summed E-state index contributed by atoms with van der Waals surface area (Å²) in [6, 6.07) is 7.61. The molecule has 120 valence electrons. The fourth-order valence-electron chi connectivity index (χ4n) is 1.64. The van der Waals surface area contributed by atoms with E-state index < -0.39 is 16.9 Å². The number of oxime groups is 1. The third-order valence-electron chi connectivity index (χ3n) is 2.79. The minimum atomic E-state index is -0.911. The molecule has 1 amide bonds. The zero-order valence-corrected chi connectivity index (χ0v) is 12.4. The molecule has 0 aliphatic carbocycles. The zero-order chi connectivity index (χ0) is 16.8. The molecular weight excluding hydrogens is 304 g/mol. The Kier molecular flexibility index (Phi) is 5.03. The van der Waals surface area contributed by atoms with Gasteiger partial charge in [-0.3, -0.25) is 14.9 Å². The number of carbonyl (C=O) groups is 1. The van der Waals surface area contributed by atoms with E-state index in [0.29, 0.717) is 5.76 Å². The van der Waals surface area contributed by atoms with Gasteiger partial charge in [0.25, 0.3) is 11.6 Å². The predicted octanol–water partition coefficient (Wildman–Crippen LogP) is 2.27. The van der Waals surface area contributed by atoms with Gasteiger partial charge in [0.15, 0.2) is 5.82 Å². The molecule has 0 saturated heterocycles. The van der Waals surface area contributed by atoms with Crippen molar-refractivity contribution in [1.82, 2.24) is 5.16 Å². The Morgan fingerprint density at radius 1 is 1.52 bits per heavy atom. The number of nitrogens with zero attached hydrogens (tertiary/aromatic N) is 3. The molecule has 1 atom stereocenters. The van der Waals surface area contributed by atoms with Gasteiger partial charge in [-0.15, -0.1) is 0 Å².